The number of fused-ring (bicyclic) bond motifs is 1. The largest absolute Gasteiger partial charge is 0.497 e. The summed E-state index contributed by atoms with van der Waals surface area (Å²) in [7, 11) is 1.57. The second-order valence-corrected chi connectivity index (χ2v) is 6.83. The van der Waals surface area contributed by atoms with Crippen LogP contribution in [-0.2, 0) is 0 Å². The average molecular weight is 412 g/mol. The van der Waals surface area contributed by atoms with Crippen LogP contribution in [0.3, 0.4) is 0 Å². The molecule has 0 radical (unpaired) electrons. The molecule has 0 bridgehead atoms. The Balaban J connectivity index is 1.40. The molecule has 0 unspecified atom stereocenters. The van der Waals surface area contributed by atoms with E-state index >= 15 is 0 Å². The van der Waals surface area contributed by atoms with E-state index in [1.807, 2.05) is 36.4 Å². The molecular formula is C26H20O5. The smallest absolute Gasteiger partial charge is 0.231 e. The molecule has 1 aliphatic heterocycles. The molecule has 0 spiro atoms. The first-order valence-electron chi connectivity index (χ1n) is 9.74. The molecule has 0 amide bonds. The van der Waals surface area contributed by atoms with Crippen LogP contribution in [0.2, 0.25) is 0 Å². The minimum atomic E-state index is -0.187. The van der Waals surface area contributed by atoms with E-state index in [-0.39, 0.29) is 23.9 Å². The molecule has 3 aromatic carbocycles. The Morgan fingerprint density at radius 2 is 1.71 bits per heavy atom. The molecule has 0 saturated heterocycles. The average Bonchev–Trinajstić information content (AvgIpc) is 3.13. The molecule has 0 atom stereocenters. The maximum absolute atomic E-state index is 12.5. The molecule has 1 aliphatic rings. The Bertz CT molecular complexity index is 1160. The van der Waals surface area contributed by atoms with Gasteiger partial charge in [-0.15, -0.1) is 0 Å². The molecule has 0 fully saturated rings. The number of rotatable bonds is 7. The zero-order valence-electron chi connectivity index (χ0n) is 16.9. The Morgan fingerprint density at radius 3 is 2.45 bits per heavy atom. The number of hydrogen-bond donors (Lipinski definition) is 0. The second kappa shape index (κ2) is 9.13. The van der Waals surface area contributed by atoms with Crippen LogP contribution in [0.25, 0.3) is 6.08 Å². The number of Topliss-reactive ketones (excluding diaryl/α,β-unsaturated/α-hetero) is 2. The van der Waals surface area contributed by atoms with Gasteiger partial charge in [-0.2, -0.15) is 0 Å². The predicted octanol–water partition coefficient (Wildman–Crippen LogP) is 5.13. The van der Waals surface area contributed by atoms with Gasteiger partial charge in [-0.3, -0.25) is 9.59 Å². The lowest BCUT2D eigenvalue weighted by atomic mass is 10.1. The van der Waals surface area contributed by atoms with Crippen LogP contribution in [-0.4, -0.2) is 25.3 Å². The fourth-order valence-corrected chi connectivity index (χ4v) is 3.09. The summed E-state index contributed by atoms with van der Waals surface area (Å²) in [6.45, 7) is -0.123. The molecular weight excluding hydrogens is 392 g/mol. The van der Waals surface area contributed by atoms with Crippen molar-refractivity contribution in [2.24, 2.45) is 0 Å². The highest BCUT2D eigenvalue weighted by atomic mass is 16.5. The maximum Gasteiger partial charge on any atom is 0.231 e. The Hall–Kier alpha value is -4.12. The first kappa shape index (κ1) is 20.2. The van der Waals surface area contributed by atoms with Crippen molar-refractivity contribution in [2.75, 3.05) is 13.7 Å². The lowest BCUT2D eigenvalue weighted by molar-refractivity contribution is 0.0920. The number of ether oxygens (including phenoxy) is 3. The molecule has 5 heteroatoms. The van der Waals surface area contributed by atoms with Crippen molar-refractivity contribution >= 4 is 17.6 Å². The number of allylic oxidation sites excluding steroid dienone is 3. The van der Waals surface area contributed by atoms with Crippen LogP contribution in [0.1, 0.15) is 26.3 Å². The molecule has 154 valence electrons. The van der Waals surface area contributed by atoms with Gasteiger partial charge in [0.05, 0.1) is 12.7 Å². The summed E-state index contributed by atoms with van der Waals surface area (Å²) in [5.74, 6) is 1.45. The second-order valence-electron chi connectivity index (χ2n) is 6.83. The summed E-state index contributed by atoms with van der Waals surface area (Å²) in [6.07, 6.45) is 5.31. The van der Waals surface area contributed by atoms with Crippen molar-refractivity contribution < 1.29 is 23.8 Å². The molecule has 4 rings (SSSR count). The molecule has 0 N–H and O–H groups in total. The van der Waals surface area contributed by atoms with Crippen molar-refractivity contribution in [3.63, 3.8) is 0 Å². The quantitative estimate of drug-likeness (QED) is 0.398. The van der Waals surface area contributed by atoms with Crippen molar-refractivity contribution in [3.8, 4) is 17.2 Å². The molecule has 0 aromatic heterocycles. The third-order valence-electron chi connectivity index (χ3n) is 4.76. The van der Waals surface area contributed by atoms with E-state index < -0.39 is 0 Å². The van der Waals surface area contributed by atoms with Crippen molar-refractivity contribution in [3.05, 3.63) is 107 Å². The van der Waals surface area contributed by atoms with E-state index in [9.17, 15) is 9.59 Å². The van der Waals surface area contributed by atoms with Crippen LogP contribution in [0, 0.1) is 0 Å². The van der Waals surface area contributed by atoms with Gasteiger partial charge in [-0.25, -0.2) is 0 Å². The highest BCUT2D eigenvalue weighted by molar-refractivity contribution is 6.12. The van der Waals surface area contributed by atoms with Gasteiger partial charge in [-0.05, 0) is 48.0 Å². The van der Waals surface area contributed by atoms with E-state index in [1.54, 1.807) is 61.7 Å². The van der Waals surface area contributed by atoms with Crippen LogP contribution in [0.4, 0.5) is 0 Å². The topological polar surface area (TPSA) is 61.8 Å². The van der Waals surface area contributed by atoms with E-state index in [2.05, 4.69) is 0 Å². The minimum absolute atomic E-state index is 0.123. The SMILES string of the molecule is COc1ccc(C(=O)COc2ccc3c(c2)O/C(=C\C=C\c2ccccc2)C3=O)cc1. The lowest BCUT2D eigenvalue weighted by Crippen LogP contribution is -2.11. The minimum Gasteiger partial charge on any atom is -0.497 e. The van der Waals surface area contributed by atoms with Gasteiger partial charge >= 0.3 is 0 Å². The normalized spacial score (nSPS) is 13.8. The molecule has 0 saturated carbocycles. The Kier molecular flexibility index (Phi) is 5.94. The van der Waals surface area contributed by atoms with Gasteiger partial charge in [0.2, 0.25) is 5.78 Å². The first-order valence-corrected chi connectivity index (χ1v) is 9.74. The van der Waals surface area contributed by atoms with Crippen molar-refractivity contribution in [1.29, 1.82) is 0 Å². The van der Waals surface area contributed by atoms with Gasteiger partial charge in [0.1, 0.15) is 17.2 Å². The molecule has 1 heterocycles. The number of benzene rings is 3. The zero-order valence-corrected chi connectivity index (χ0v) is 16.9. The van der Waals surface area contributed by atoms with Crippen LogP contribution < -0.4 is 14.2 Å². The molecule has 5 nitrogen and oxygen atoms in total. The number of carbonyl (C=O) groups excluding carboxylic acids is 2. The van der Waals surface area contributed by atoms with Gasteiger partial charge in [-0.1, -0.05) is 42.5 Å². The fraction of sp³-hybridized carbons (Fsp3) is 0.0769. The van der Waals surface area contributed by atoms with Crippen molar-refractivity contribution in [1.82, 2.24) is 0 Å². The summed E-state index contributed by atoms with van der Waals surface area (Å²) in [5, 5.41) is 0. The summed E-state index contributed by atoms with van der Waals surface area (Å²) < 4.78 is 16.4. The van der Waals surface area contributed by atoms with Crippen LogP contribution in [0.15, 0.2) is 90.7 Å². The number of ketones is 2. The first-order chi connectivity index (χ1) is 15.1. The zero-order chi connectivity index (χ0) is 21.6. The monoisotopic (exact) mass is 412 g/mol. The predicted molar refractivity (Wildman–Crippen MR) is 118 cm³/mol. The summed E-state index contributed by atoms with van der Waals surface area (Å²) in [4.78, 5) is 24.8. The number of hydrogen-bond acceptors (Lipinski definition) is 5. The standard InChI is InChI=1S/C26H20O5/c1-29-20-12-10-19(11-13-20)23(27)17-30-21-14-15-22-25(16-21)31-24(26(22)28)9-5-8-18-6-3-2-4-7-18/h2-16H,17H2,1H3/b8-5+,24-9-. The molecule has 3 aromatic rings. The summed E-state index contributed by atoms with van der Waals surface area (Å²) in [6, 6.07) is 21.5. The number of carbonyl (C=O) groups is 2. The van der Waals surface area contributed by atoms with E-state index in [4.69, 9.17) is 14.2 Å². The van der Waals surface area contributed by atoms with Crippen molar-refractivity contribution in [2.45, 2.75) is 0 Å². The highest BCUT2D eigenvalue weighted by Crippen LogP contribution is 2.34. The molecule has 31 heavy (non-hydrogen) atoms. The van der Waals surface area contributed by atoms with Crippen LogP contribution >= 0.6 is 0 Å². The number of methoxy groups -OCH3 is 1. The van der Waals surface area contributed by atoms with E-state index in [0.717, 1.165) is 5.56 Å². The van der Waals surface area contributed by atoms with Gasteiger partial charge < -0.3 is 14.2 Å². The molecule has 0 aliphatic carbocycles. The fourth-order valence-electron chi connectivity index (χ4n) is 3.09. The van der Waals surface area contributed by atoms with E-state index in [1.165, 1.54) is 0 Å². The third-order valence-corrected chi connectivity index (χ3v) is 4.76. The summed E-state index contributed by atoms with van der Waals surface area (Å²) in [5.41, 5.74) is 2.02. The Morgan fingerprint density at radius 1 is 0.968 bits per heavy atom. The Labute approximate surface area is 180 Å². The van der Waals surface area contributed by atoms with Gasteiger partial charge in [0, 0.05) is 11.6 Å². The maximum atomic E-state index is 12.5. The van der Waals surface area contributed by atoms with E-state index in [0.29, 0.717) is 28.4 Å². The van der Waals surface area contributed by atoms with Gasteiger partial charge in [0.25, 0.3) is 0 Å². The van der Waals surface area contributed by atoms with Gasteiger partial charge in [0.15, 0.2) is 18.1 Å². The third kappa shape index (κ3) is 4.73. The summed E-state index contributed by atoms with van der Waals surface area (Å²) >= 11 is 0. The lowest BCUT2D eigenvalue weighted by Gasteiger charge is -2.07. The van der Waals surface area contributed by atoms with Crippen LogP contribution in [0.5, 0.6) is 17.2 Å². The highest BCUT2D eigenvalue weighted by Gasteiger charge is 2.27.